The molecule has 5 rings (SSSR count). The average Bonchev–Trinajstić information content (AvgIpc) is 2.91. The maximum absolute atomic E-state index is 12.9. The number of aromatic amines is 1. The van der Waals surface area contributed by atoms with E-state index in [2.05, 4.69) is 14.7 Å². The second-order valence-electron chi connectivity index (χ2n) is 8.33. The van der Waals surface area contributed by atoms with Gasteiger partial charge in [-0.15, -0.1) is 0 Å². The highest BCUT2D eigenvalue weighted by Crippen LogP contribution is 2.35. The summed E-state index contributed by atoms with van der Waals surface area (Å²) in [5.41, 5.74) is 12.5. The summed E-state index contributed by atoms with van der Waals surface area (Å²) >= 11 is 7.77. The van der Waals surface area contributed by atoms with Crippen molar-refractivity contribution in [1.29, 1.82) is 5.41 Å². The molecule has 0 fully saturated rings. The molecule has 0 atom stereocenters. The van der Waals surface area contributed by atoms with E-state index < -0.39 is 0 Å². The molecule has 0 saturated carbocycles. The molecule has 0 radical (unpaired) electrons. The Labute approximate surface area is 222 Å². The SMILES string of the molecule is Cc1ccc(NSCc2cc3nc(-c4cc(Cl)c(N)c(C=N)c4)c(-c4ccccc4)nc3[nH]c2=O)cn1. The minimum Gasteiger partial charge on any atom is -0.397 e. The first kappa shape index (κ1) is 24.5. The summed E-state index contributed by atoms with van der Waals surface area (Å²) in [4.78, 5) is 29.7. The molecule has 37 heavy (non-hydrogen) atoms. The zero-order valence-corrected chi connectivity index (χ0v) is 21.3. The molecular formula is C27H22ClN7OS. The smallest absolute Gasteiger partial charge is 0.253 e. The van der Waals surface area contributed by atoms with Crippen LogP contribution in [0.4, 0.5) is 11.4 Å². The predicted molar refractivity (Wildman–Crippen MR) is 152 cm³/mol. The molecule has 5 aromatic rings. The van der Waals surface area contributed by atoms with E-state index in [1.165, 1.54) is 11.9 Å². The summed E-state index contributed by atoms with van der Waals surface area (Å²) in [6, 6.07) is 18.6. The van der Waals surface area contributed by atoms with Crippen molar-refractivity contribution in [2.75, 3.05) is 10.5 Å². The number of benzene rings is 2. The molecule has 3 heterocycles. The van der Waals surface area contributed by atoms with Gasteiger partial charge in [0.2, 0.25) is 0 Å². The van der Waals surface area contributed by atoms with Crippen LogP contribution in [0.1, 0.15) is 16.8 Å². The molecule has 0 bridgehead atoms. The van der Waals surface area contributed by atoms with Crippen LogP contribution in [0.25, 0.3) is 33.7 Å². The van der Waals surface area contributed by atoms with E-state index in [0.717, 1.165) is 23.2 Å². The lowest BCUT2D eigenvalue weighted by molar-refractivity contribution is 1.15. The molecule has 8 nitrogen and oxygen atoms in total. The van der Waals surface area contributed by atoms with E-state index in [0.29, 0.717) is 55.7 Å². The molecule has 10 heteroatoms. The Kier molecular flexibility index (Phi) is 6.89. The maximum atomic E-state index is 12.9. The molecule has 3 aromatic heterocycles. The molecule has 0 saturated heterocycles. The van der Waals surface area contributed by atoms with E-state index in [4.69, 9.17) is 32.7 Å². The van der Waals surface area contributed by atoms with Crippen LogP contribution in [-0.2, 0) is 5.75 Å². The van der Waals surface area contributed by atoms with Crippen molar-refractivity contribution >= 4 is 52.3 Å². The summed E-state index contributed by atoms with van der Waals surface area (Å²) < 4.78 is 3.21. The van der Waals surface area contributed by atoms with Crippen molar-refractivity contribution in [1.82, 2.24) is 19.9 Å². The van der Waals surface area contributed by atoms with Crippen LogP contribution >= 0.6 is 23.5 Å². The van der Waals surface area contributed by atoms with Crippen molar-refractivity contribution in [2.24, 2.45) is 0 Å². The Hall–Kier alpha value is -4.21. The lowest BCUT2D eigenvalue weighted by Crippen LogP contribution is -2.13. The molecule has 2 aromatic carbocycles. The number of hydrogen-bond acceptors (Lipinski definition) is 8. The number of hydrogen-bond donors (Lipinski definition) is 4. The summed E-state index contributed by atoms with van der Waals surface area (Å²) in [6.45, 7) is 1.92. The molecule has 0 aliphatic rings. The topological polar surface area (TPSA) is 133 Å². The molecule has 184 valence electrons. The number of aromatic nitrogens is 4. The Morgan fingerprint density at radius 2 is 1.86 bits per heavy atom. The van der Waals surface area contributed by atoms with Crippen molar-refractivity contribution in [3.05, 3.63) is 99.1 Å². The van der Waals surface area contributed by atoms with Gasteiger partial charge in [0, 0.05) is 39.9 Å². The van der Waals surface area contributed by atoms with Gasteiger partial charge < -0.3 is 20.8 Å². The van der Waals surface area contributed by atoms with Gasteiger partial charge >= 0.3 is 0 Å². The number of halogens is 1. The van der Waals surface area contributed by atoms with E-state index in [1.807, 2.05) is 49.4 Å². The zero-order chi connectivity index (χ0) is 25.9. The Morgan fingerprint density at radius 3 is 2.59 bits per heavy atom. The highest BCUT2D eigenvalue weighted by atomic mass is 35.5. The first-order valence-corrected chi connectivity index (χ1v) is 12.7. The van der Waals surface area contributed by atoms with E-state index in [1.54, 1.807) is 24.4 Å². The van der Waals surface area contributed by atoms with Gasteiger partial charge in [0.05, 0.1) is 34.0 Å². The summed E-state index contributed by atoms with van der Waals surface area (Å²) in [7, 11) is 0. The van der Waals surface area contributed by atoms with E-state index in [9.17, 15) is 4.79 Å². The van der Waals surface area contributed by atoms with E-state index in [-0.39, 0.29) is 5.56 Å². The van der Waals surface area contributed by atoms with Crippen LogP contribution in [0.2, 0.25) is 5.02 Å². The minimum absolute atomic E-state index is 0.230. The van der Waals surface area contributed by atoms with Gasteiger partial charge in [-0.05, 0) is 49.2 Å². The highest BCUT2D eigenvalue weighted by molar-refractivity contribution is 7.99. The number of nitrogens with zero attached hydrogens (tertiary/aromatic N) is 3. The Balaban J connectivity index is 1.58. The van der Waals surface area contributed by atoms with Crippen molar-refractivity contribution in [2.45, 2.75) is 12.7 Å². The Morgan fingerprint density at radius 1 is 1.08 bits per heavy atom. The number of rotatable bonds is 7. The number of pyridine rings is 2. The molecule has 0 aliphatic heterocycles. The molecule has 5 N–H and O–H groups in total. The maximum Gasteiger partial charge on any atom is 0.253 e. The predicted octanol–water partition coefficient (Wildman–Crippen LogP) is 5.85. The number of anilines is 2. The lowest BCUT2D eigenvalue weighted by atomic mass is 10.0. The molecule has 0 aliphatic carbocycles. The third-order valence-corrected chi connectivity index (χ3v) is 6.87. The van der Waals surface area contributed by atoms with Gasteiger partial charge in [0.15, 0.2) is 5.65 Å². The number of nitrogens with one attached hydrogen (secondary N) is 3. The van der Waals surface area contributed by atoms with Gasteiger partial charge in [-0.25, -0.2) is 9.97 Å². The normalized spacial score (nSPS) is 11.0. The summed E-state index contributed by atoms with van der Waals surface area (Å²) in [5, 5.41) is 8.05. The molecule has 0 spiro atoms. The fraction of sp³-hybridized carbons (Fsp3) is 0.0741. The third-order valence-electron chi connectivity index (χ3n) is 5.72. The van der Waals surface area contributed by atoms with Crippen LogP contribution < -0.4 is 16.0 Å². The van der Waals surface area contributed by atoms with Gasteiger partial charge in [-0.2, -0.15) is 0 Å². The second-order valence-corrected chi connectivity index (χ2v) is 9.52. The number of H-pyrrole nitrogens is 1. The van der Waals surface area contributed by atoms with Crippen LogP contribution in [0.15, 0.2) is 71.7 Å². The standard InChI is InChI=1S/C27H22ClN7OS/c1-15-7-8-20(13-31-15)35-37-14-19-11-22-26(34-27(19)36)33-24(16-5-3-2-4-6-16)25(32-22)17-9-18(12-29)23(30)21(28)10-17/h2-13,29,35H,14,30H2,1H3,(H,33,34,36). The largest absolute Gasteiger partial charge is 0.397 e. The number of aryl methyl sites for hydroxylation is 1. The average molecular weight is 528 g/mol. The fourth-order valence-corrected chi connectivity index (χ4v) is 4.74. The Bertz CT molecular complexity index is 1670. The van der Waals surface area contributed by atoms with Crippen LogP contribution in [0.3, 0.4) is 0 Å². The van der Waals surface area contributed by atoms with Crippen molar-refractivity contribution < 1.29 is 0 Å². The number of nitrogens with two attached hydrogens (primary N) is 1. The summed E-state index contributed by atoms with van der Waals surface area (Å²) in [5.74, 6) is 0.405. The van der Waals surface area contributed by atoms with Crippen LogP contribution in [-0.4, -0.2) is 26.2 Å². The van der Waals surface area contributed by atoms with Crippen LogP contribution in [0, 0.1) is 12.3 Å². The van der Waals surface area contributed by atoms with Gasteiger partial charge in [0.25, 0.3) is 5.56 Å². The van der Waals surface area contributed by atoms with Crippen molar-refractivity contribution in [3.8, 4) is 22.5 Å². The van der Waals surface area contributed by atoms with Gasteiger partial charge in [-0.1, -0.05) is 41.9 Å². The fourth-order valence-electron chi connectivity index (χ4n) is 3.79. The second kappa shape index (κ2) is 10.4. The lowest BCUT2D eigenvalue weighted by Gasteiger charge is -2.13. The van der Waals surface area contributed by atoms with E-state index >= 15 is 0 Å². The molecular weight excluding hydrogens is 506 g/mol. The monoisotopic (exact) mass is 527 g/mol. The number of nitrogen functional groups attached to an aromatic ring is 1. The van der Waals surface area contributed by atoms with Crippen LogP contribution in [0.5, 0.6) is 0 Å². The van der Waals surface area contributed by atoms with Gasteiger partial charge in [-0.3, -0.25) is 9.78 Å². The van der Waals surface area contributed by atoms with Crippen molar-refractivity contribution in [3.63, 3.8) is 0 Å². The highest BCUT2D eigenvalue weighted by Gasteiger charge is 2.17. The first-order chi connectivity index (χ1) is 17.9. The first-order valence-electron chi connectivity index (χ1n) is 11.3. The number of fused-ring (bicyclic) bond motifs is 1. The quantitative estimate of drug-likeness (QED) is 0.118. The zero-order valence-electron chi connectivity index (χ0n) is 19.7. The molecule has 0 amide bonds. The van der Waals surface area contributed by atoms with Gasteiger partial charge in [0.1, 0.15) is 5.52 Å². The summed E-state index contributed by atoms with van der Waals surface area (Å²) in [6.07, 6.45) is 2.90. The molecule has 0 unspecified atom stereocenters. The minimum atomic E-state index is -0.230. The third kappa shape index (κ3) is 5.18.